The first kappa shape index (κ1) is 16.6. The van der Waals surface area contributed by atoms with Gasteiger partial charge in [-0.1, -0.05) is 55.5 Å². The zero-order valence-electron chi connectivity index (χ0n) is 13.7. The zero-order valence-corrected chi connectivity index (χ0v) is 13.7. The van der Waals surface area contributed by atoms with E-state index < -0.39 is 0 Å². The van der Waals surface area contributed by atoms with Crippen molar-refractivity contribution in [2.75, 3.05) is 20.2 Å². The molecule has 0 saturated carbocycles. The number of ether oxygens (including phenoxy) is 1. The lowest BCUT2D eigenvalue weighted by Gasteiger charge is -2.19. The molecule has 22 heavy (non-hydrogen) atoms. The summed E-state index contributed by atoms with van der Waals surface area (Å²) in [5, 5.41) is 3.27. The van der Waals surface area contributed by atoms with E-state index in [4.69, 9.17) is 4.74 Å². The Kier molecular flexibility index (Phi) is 6.98. The number of hydrogen-bond acceptors (Lipinski definition) is 2. The molecule has 118 valence electrons. The van der Waals surface area contributed by atoms with Crippen LogP contribution in [0.1, 0.15) is 36.8 Å². The van der Waals surface area contributed by atoms with Crippen molar-refractivity contribution in [3.63, 3.8) is 0 Å². The van der Waals surface area contributed by atoms with Crippen molar-refractivity contribution < 1.29 is 4.74 Å². The molecule has 0 bridgehead atoms. The number of para-hydroxylation sites is 1. The normalized spacial score (nSPS) is 12.1. The summed E-state index contributed by atoms with van der Waals surface area (Å²) in [6, 6.07) is 19.2. The Morgan fingerprint density at radius 1 is 1.00 bits per heavy atom. The lowest BCUT2D eigenvalue weighted by atomic mass is 9.89. The van der Waals surface area contributed by atoms with E-state index in [1.54, 1.807) is 0 Å². The maximum atomic E-state index is 5.91. The first-order valence-corrected chi connectivity index (χ1v) is 8.25. The third-order valence-corrected chi connectivity index (χ3v) is 3.91. The average molecular weight is 297 g/mol. The third-order valence-electron chi connectivity index (χ3n) is 3.91. The highest BCUT2D eigenvalue weighted by Crippen LogP contribution is 2.28. The van der Waals surface area contributed by atoms with Crippen LogP contribution >= 0.6 is 0 Å². The Labute approximate surface area is 134 Å². The molecule has 2 aromatic rings. The number of nitrogens with one attached hydrogen (secondary N) is 1. The van der Waals surface area contributed by atoms with Crippen LogP contribution in [0, 0.1) is 0 Å². The molecule has 2 aromatic carbocycles. The number of benzene rings is 2. The number of hydrogen-bond donors (Lipinski definition) is 1. The second kappa shape index (κ2) is 9.26. The molecule has 0 radical (unpaired) electrons. The van der Waals surface area contributed by atoms with Crippen molar-refractivity contribution in [2.45, 2.75) is 32.1 Å². The largest absolute Gasteiger partial charge is 0.493 e. The monoisotopic (exact) mass is 297 g/mol. The van der Waals surface area contributed by atoms with Crippen LogP contribution in [-0.2, 0) is 6.42 Å². The Morgan fingerprint density at radius 2 is 1.73 bits per heavy atom. The van der Waals surface area contributed by atoms with Crippen molar-refractivity contribution in [1.29, 1.82) is 0 Å². The van der Waals surface area contributed by atoms with E-state index >= 15 is 0 Å². The molecule has 1 unspecified atom stereocenters. The smallest absolute Gasteiger partial charge is 0.122 e. The molecule has 1 atom stereocenters. The first-order valence-electron chi connectivity index (χ1n) is 8.25. The van der Waals surface area contributed by atoms with E-state index in [1.165, 1.54) is 11.1 Å². The van der Waals surface area contributed by atoms with Crippen LogP contribution in [0.25, 0.3) is 0 Å². The first-order chi connectivity index (χ1) is 10.8. The summed E-state index contributed by atoms with van der Waals surface area (Å²) in [6.45, 7) is 3.95. The van der Waals surface area contributed by atoms with Crippen LogP contribution in [0.15, 0.2) is 54.6 Å². The predicted molar refractivity (Wildman–Crippen MR) is 93.7 cm³/mol. The summed E-state index contributed by atoms with van der Waals surface area (Å²) < 4.78 is 5.91. The zero-order chi connectivity index (χ0) is 15.6. The molecule has 0 aliphatic heterocycles. The van der Waals surface area contributed by atoms with Crippen molar-refractivity contribution in [3.05, 3.63) is 65.7 Å². The van der Waals surface area contributed by atoms with Gasteiger partial charge in [0.15, 0.2) is 0 Å². The second-order valence-corrected chi connectivity index (χ2v) is 5.66. The molecule has 0 fully saturated rings. The molecule has 0 aliphatic rings. The van der Waals surface area contributed by atoms with E-state index in [0.29, 0.717) is 5.92 Å². The van der Waals surface area contributed by atoms with Crippen LogP contribution in [0.4, 0.5) is 0 Å². The van der Waals surface area contributed by atoms with Gasteiger partial charge in [0.2, 0.25) is 0 Å². The minimum Gasteiger partial charge on any atom is -0.493 e. The lowest BCUT2D eigenvalue weighted by molar-refractivity contribution is 0.313. The fourth-order valence-corrected chi connectivity index (χ4v) is 2.72. The van der Waals surface area contributed by atoms with E-state index in [-0.39, 0.29) is 0 Å². The summed E-state index contributed by atoms with van der Waals surface area (Å²) in [4.78, 5) is 0. The topological polar surface area (TPSA) is 21.3 Å². The minimum atomic E-state index is 0.514. The van der Waals surface area contributed by atoms with Gasteiger partial charge in [0, 0.05) is 0 Å². The maximum absolute atomic E-state index is 5.91. The van der Waals surface area contributed by atoms with Crippen molar-refractivity contribution in [1.82, 2.24) is 5.32 Å². The highest BCUT2D eigenvalue weighted by molar-refractivity contribution is 5.35. The molecule has 0 aromatic heterocycles. The molecule has 2 nitrogen and oxygen atoms in total. The molecule has 0 saturated heterocycles. The average Bonchev–Trinajstić information content (AvgIpc) is 2.58. The predicted octanol–water partition coefficient (Wildman–Crippen LogP) is 4.41. The van der Waals surface area contributed by atoms with Crippen LogP contribution in [0.3, 0.4) is 0 Å². The van der Waals surface area contributed by atoms with Gasteiger partial charge in [0.05, 0.1) is 6.61 Å². The molecule has 1 N–H and O–H groups in total. The second-order valence-electron chi connectivity index (χ2n) is 5.66. The fraction of sp³-hybridized carbons (Fsp3) is 0.400. The summed E-state index contributed by atoms with van der Waals surface area (Å²) in [5.41, 5.74) is 2.71. The molecular weight excluding hydrogens is 270 g/mol. The molecule has 2 rings (SSSR count). The highest BCUT2D eigenvalue weighted by atomic mass is 16.5. The highest BCUT2D eigenvalue weighted by Gasteiger charge is 2.14. The van der Waals surface area contributed by atoms with E-state index in [2.05, 4.69) is 66.8 Å². The molecular formula is C20H27NO. The molecule has 0 amide bonds. The Hall–Kier alpha value is -1.80. The van der Waals surface area contributed by atoms with Gasteiger partial charge >= 0.3 is 0 Å². The molecule has 0 spiro atoms. The molecule has 0 heterocycles. The van der Waals surface area contributed by atoms with E-state index in [0.717, 1.165) is 38.2 Å². The lowest BCUT2D eigenvalue weighted by Crippen LogP contribution is -2.14. The standard InChI is InChI=1S/C20H27NO/c1-3-15-22-20-12-8-7-11-19(20)16-18(13-14-21-2)17-9-5-4-6-10-17/h4-12,18,21H,3,13-16H2,1-2H3. The van der Waals surface area contributed by atoms with E-state index in [9.17, 15) is 0 Å². The van der Waals surface area contributed by atoms with Gasteiger partial charge in [-0.15, -0.1) is 0 Å². The summed E-state index contributed by atoms with van der Waals surface area (Å²) in [7, 11) is 2.01. The molecule has 0 aliphatic carbocycles. The Balaban J connectivity index is 2.16. The summed E-state index contributed by atoms with van der Waals surface area (Å²) in [5.74, 6) is 1.55. The van der Waals surface area contributed by atoms with Gasteiger partial charge in [-0.25, -0.2) is 0 Å². The van der Waals surface area contributed by atoms with Crippen LogP contribution in [0.2, 0.25) is 0 Å². The van der Waals surface area contributed by atoms with Crippen LogP contribution < -0.4 is 10.1 Å². The van der Waals surface area contributed by atoms with Crippen molar-refractivity contribution in [3.8, 4) is 5.75 Å². The molecule has 2 heteroatoms. The number of rotatable bonds is 9. The van der Waals surface area contributed by atoms with Gasteiger partial charge in [-0.3, -0.25) is 0 Å². The van der Waals surface area contributed by atoms with Crippen molar-refractivity contribution in [2.24, 2.45) is 0 Å². The quantitative estimate of drug-likeness (QED) is 0.740. The van der Waals surface area contributed by atoms with Gasteiger partial charge in [0.1, 0.15) is 5.75 Å². The van der Waals surface area contributed by atoms with E-state index in [1.807, 2.05) is 7.05 Å². The van der Waals surface area contributed by atoms with Gasteiger partial charge in [-0.05, 0) is 56.0 Å². The third kappa shape index (κ3) is 4.88. The Bertz CT molecular complexity index is 538. The maximum Gasteiger partial charge on any atom is 0.122 e. The van der Waals surface area contributed by atoms with Crippen LogP contribution in [0.5, 0.6) is 5.75 Å². The van der Waals surface area contributed by atoms with Crippen molar-refractivity contribution >= 4 is 0 Å². The summed E-state index contributed by atoms with van der Waals surface area (Å²) in [6.07, 6.45) is 3.18. The van der Waals surface area contributed by atoms with Gasteiger partial charge in [-0.2, -0.15) is 0 Å². The van der Waals surface area contributed by atoms with Gasteiger partial charge in [0.25, 0.3) is 0 Å². The SMILES string of the molecule is CCCOc1ccccc1CC(CCNC)c1ccccc1. The Morgan fingerprint density at radius 3 is 2.45 bits per heavy atom. The summed E-state index contributed by atoms with van der Waals surface area (Å²) >= 11 is 0. The van der Waals surface area contributed by atoms with Crippen LogP contribution in [-0.4, -0.2) is 20.2 Å². The fourth-order valence-electron chi connectivity index (χ4n) is 2.72. The van der Waals surface area contributed by atoms with Gasteiger partial charge < -0.3 is 10.1 Å². The minimum absolute atomic E-state index is 0.514.